The van der Waals surface area contributed by atoms with Gasteiger partial charge < -0.3 is 15.2 Å². The zero-order valence-corrected chi connectivity index (χ0v) is 8.64. The number of amides is 1. The van der Waals surface area contributed by atoms with Crippen molar-refractivity contribution in [3.63, 3.8) is 0 Å². The number of alkyl carbamates (subject to hydrolysis) is 1. The third kappa shape index (κ3) is 4.46. The topological polar surface area (TPSA) is 58.6 Å². The molecule has 0 aliphatic rings. The van der Waals surface area contributed by atoms with E-state index in [1.54, 1.807) is 6.92 Å². The molecule has 0 aliphatic carbocycles. The number of rotatable bonds is 4. The highest BCUT2D eigenvalue weighted by Gasteiger charge is 2.06. The molecule has 1 atom stereocenters. The summed E-state index contributed by atoms with van der Waals surface area (Å²) in [6.45, 7) is 1.89. The summed E-state index contributed by atoms with van der Waals surface area (Å²) < 4.78 is 4.82. The van der Waals surface area contributed by atoms with Crippen molar-refractivity contribution < 1.29 is 14.6 Å². The van der Waals surface area contributed by atoms with Crippen LogP contribution in [0.15, 0.2) is 30.3 Å². The molecule has 1 amide bonds. The minimum absolute atomic E-state index is 0.168. The van der Waals surface area contributed by atoms with Gasteiger partial charge in [0.05, 0.1) is 6.61 Å². The van der Waals surface area contributed by atoms with E-state index in [9.17, 15) is 4.79 Å². The summed E-state index contributed by atoms with van der Waals surface area (Å²) in [5.74, 6) is 0. The lowest BCUT2D eigenvalue weighted by Crippen LogP contribution is -2.28. The third-order valence-electron chi connectivity index (χ3n) is 1.85. The Kier molecular flexibility index (Phi) is 4.63. The highest BCUT2D eigenvalue weighted by molar-refractivity contribution is 5.67. The van der Waals surface area contributed by atoms with Crippen molar-refractivity contribution >= 4 is 6.09 Å². The zero-order valence-electron chi connectivity index (χ0n) is 8.64. The Morgan fingerprint density at radius 2 is 2.13 bits per heavy atom. The molecule has 1 aromatic carbocycles. The molecule has 1 aromatic rings. The van der Waals surface area contributed by atoms with E-state index in [1.807, 2.05) is 30.3 Å². The molecule has 0 saturated carbocycles. The Balaban J connectivity index is 2.29. The first-order chi connectivity index (χ1) is 7.22. The van der Waals surface area contributed by atoms with Gasteiger partial charge in [-0.15, -0.1) is 0 Å². The Morgan fingerprint density at radius 1 is 1.47 bits per heavy atom. The van der Waals surface area contributed by atoms with Crippen LogP contribution in [0.5, 0.6) is 0 Å². The molecule has 82 valence electrons. The average Bonchev–Trinajstić information content (AvgIpc) is 2.27. The van der Waals surface area contributed by atoms with E-state index in [0.717, 1.165) is 5.56 Å². The molecule has 0 saturated heterocycles. The number of ether oxygens (including phenoxy) is 1. The lowest BCUT2D eigenvalue weighted by atomic mass is 10.2. The van der Waals surface area contributed by atoms with Crippen LogP contribution in [0.4, 0.5) is 4.79 Å². The van der Waals surface area contributed by atoms with Crippen molar-refractivity contribution in [2.75, 3.05) is 6.61 Å². The van der Waals surface area contributed by atoms with E-state index in [4.69, 9.17) is 9.84 Å². The second-order valence-electron chi connectivity index (χ2n) is 3.24. The van der Waals surface area contributed by atoms with Crippen molar-refractivity contribution in [1.29, 1.82) is 0 Å². The van der Waals surface area contributed by atoms with Gasteiger partial charge in [-0.05, 0) is 12.5 Å². The molecule has 2 N–H and O–H groups in total. The molecule has 0 fully saturated rings. The van der Waals surface area contributed by atoms with Gasteiger partial charge in [0.2, 0.25) is 0 Å². The summed E-state index contributed by atoms with van der Waals surface area (Å²) in [4.78, 5) is 11.1. The predicted molar refractivity (Wildman–Crippen MR) is 56.3 cm³/mol. The van der Waals surface area contributed by atoms with Crippen LogP contribution in [-0.2, 0) is 11.3 Å². The van der Waals surface area contributed by atoms with E-state index in [1.165, 1.54) is 0 Å². The number of carbonyl (C=O) groups is 1. The molecule has 0 unspecified atom stereocenters. The van der Waals surface area contributed by atoms with Gasteiger partial charge in [0.1, 0.15) is 6.10 Å². The summed E-state index contributed by atoms with van der Waals surface area (Å²) >= 11 is 0. The number of hydrogen-bond donors (Lipinski definition) is 2. The fourth-order valence-corrected chi connectivity index (χ4v) is 1.03. The van der Waals surface area contributed by atoms with Gasteiger partial charge in [0, 0.05) is 6.54 Å². The lowest BCUT2D eigenvalue weighted by Gasteiger charge is -2.11. The van der Waals surface area contributed by atoms with Crippen LogP contribution in [0.1, 0.15) is 12.5 Å². The molecule has 0 aliphatic heterocycles. The SMILES string of the molecule is C[C@H](CO)OC(=O)NCc1ccccc1. The first-order valence-electron chi connectivity index (χ1n) is 4.81. The molecular formula is C11H15NO3. The van der Waals surface area contributed by atoms with Crippen LogP contribution < -0.4 is 5.32 Å². The van der Waals surface area contributed by atoms with Gasteiger partial charge in [-0.2, -0.15) is 0 Å². The molecule has 15 heavy (non-hydrogen) atoms. The zero-order chi connectivity index (χ0) is 11.1. The van der Waals surface area contributed by atoms with Crippen LogP contribution in [0.2, 0.25) is 0 Å². The predicted octanol–water partition coefficient (Wildman–Crippen LogP) is 1.29. The van der Waals surface area contributed by atoms with Crippen molar-refractivity contribution in [3.05, 3.63) is 35.9 Å². The lowest BCUT2D eigenvalue weighted by molar-refractivity contribution is 0.0678. The number of carbonyl (C=O) groups excluding carboxylic acids is 1. The smallest absolute Gasteiger partial charge is 0.407 e. The number of hydrogen-bond acceptors (Lipinski definition) is 3. The van der Waals surface area contributed by atoms with E-state index >= 15 is 0 Å². The number of nitrogens with one attached hydrogen (secondary N) is 1. The highest BCUT2D eigenvalue weighted by Crippen LogP contribution is 1.98. The molecule has 0 spiro atoms. The van der Waals surface area contributed by atoms with Gasteiger partial charge in [0.25, 0.3) is 0 Å². The van der Waals surface area contributed by atoms with Crippen LogP contribution >= 0.6 is 0 Å². The van der Waals surface area contributed by atoms with E-state index in [2.05, 4.69) is 5.32 Å². The number of benzene rings is 1. The first kappa shape index (κ1) is 11.5. The van der Waals surface area contributed by atoms with Gasteiger partial charge in [-0.3, -0.25) is 0 Å². The van der Waals surface area contributed by atoms with Gasteiger partial charge in [-0.25, -0.2) is 4.79 Å². The van der Waals surface area contributed by atoms with E-state index in [-0.39, 0.29) is 6.61 Å². The van der Waals surface area contributed by atoms with Gasteiger partial charge in [-0.1, -0.05) is 30.3 Å². The average molecular weight is 209 g/mol. The number of aliphatic hydroxyl groups is 1. The van der Waals surface area contributed by atoms with E-state index in [0.29, 0.717) is 6.54 Å². The monoisotopic (exact) mass is 209 g/mol. The summed E-state index contributed by atoms with van der Waals surface area (Å²) in [5, 5.41) is 11.3. The van der Waals surface area contributed by atoms with Gasteiger partial charge in [0.15, 0.2) is 0 Å². The Morgan fingerprint density at radius 3 is 2.73 bits per heavy atom. The normalized spacial score (nSPS) is 11.9. The molecule has 0 aromatic heterocycles. The Bertz CT molecular complexity index is 300. The summed E-state index contributed by atoms with van der Waals surface area (Å²) in [6, 6.07) is 9.54. The second-order valence-corrected chi connectivity index (χ2v) is 3.24. The quantitative estimate of drug-likeness (QED) is 0.785. The fraction of sp³-hybridized carbons (Fsp3) is 0.364. The third-order valence-corrected chi connectivity index (χ3v) is 1.85. The Hall–Kier alpha value is -1.55. The molecular weight excluding hydrogens is 194 g/mol. The molecule has 4 nitrogen and oxygen atoms in total. The van der Waals surface area contributed by atoms with Gasteiger partial charge >= 0.3 is 6.09 Å². The van der Waals surface area contributed by atoms with Crippen LogP contribution in [0, 0.1) is 0 Å². The molecule has 0 radical (unpaired) electrons. The van der Waals surface area contributed by atoms with Crippen molar-refractivity contribution in [3.8, 4) is 0 Å². The standard InChI is InChI=1S/C11H15NO3/c1-9(8-13)15-11(14)12-7-10-5-3-2-4-6-10/h2-6,9,13H,7-8H2,1H3,(H,12,14)/t9-/m1/s1. The summed E-state index contributed by atoms with van der Waals surface area (Å²) in [6.07, 6.45) is -0.985. The fourth-order valence-electron chi connectivity index (χ4n) is 1.03. The molecule has 4 heteroatoms. The molecule has 1 rings (SSSR count). The Labute approximate surface area is 88.9 Å². The maximum Gasteiger partial charge on any atom is 0.407 e. The minimum Gasteiger partial charge on any atom is -0.444 e. The molecule has 0 heterocycles. The van der Waals surface area contributed by atoms with E-state index < -0.39 is 12.2 Å². The van der Waals surface area contributed by atoms with Crippen molar-refractivity contribution in [2.24, 2.45) is 0 Å². The largest absolute Gasteiger partial charge is 0.444 e. The minimum atomic E-state index is -0.514. The first-order valence-corrected chi connectivity index (χ1v) is 4.81. The van der Waals surface area contributed by atoms with Crippen molar-refractivity contribution in [1.82, 2.24) is 5.32 Å². The second kappa shape index (κ2) is 6.03. The maximum atomic E-state index is 11.1. The van der Waals surface area contributed by atoms with Crippen LogP contribution in [0.3, 0.4) is 0 Å². The highest BCUT2D eigenvalue weighted by atomic mass is 16.6. The maximum absolute atomic E-state index is 11.1. The summed E-state index contributed by atoms with van der Waals surface area (Å²) in [5.41, 5.74) is 1.01. The summed E-state index contributed by atoms with van der Waals surface area (Å²) in [7, 11) is 0. The van der Waals surface area contributed by atoms with Crippen LogP contribution in [-0.4, -0.2) is 23.9 Å². The van der Waals surface area contributed by atoms with Crippen LogP contribution in [0.25, 0.3) is 0 Å². The number of aliphatic hydroxyl groups excluding tert-OH is 1. The van der Waals surface area contributed by atoms with Crippen molar-refractivity contribution in [2.45, 2.75) is 19.6 Å². The molecule has 0 bridgehead atoms.